The van der Waals surface area contributed by atoms with E-state index in [2.05, 4.69) is 42.1 Å². The molecule has 1 N–H and O–H groups in total. The summed E-state index contributed by atoms with van der Waals surface area (Å²) in [5.41, 5.74) is 0.403. The zero-order valence-electron chi connectivity index (χ0n) is 12.2. The van der Waals surface area contributed by atoms with Crippen LogP contribution in [0.4, 0.5) is 0 Å². The maximum absolute atomic E-state index is 3.86. The van der Waals surface area contributed by atoms with Crippen LogP contribution in [-0.2, 0) is 0 Å². The highest BCUT2D eigenvalue weighted by Gasteiger charge is 2.49. The smallest absolute Gasteiger partial charge is 0.0309 e. The van der Waals surface area contributed by atoms with Crippen molar-refractivity contribution in [2.45, 2.75) is 62.3 Å². The molecule has 0 aromatic rings. The van der Waals surface area contributed by atoms with Gasteiger partial charge in [-0.3, -0.25) is 4.90 Å². The first kappa shape index (κ1) is 13.3. The van der Waals surface area contributed by atoms with Crippen LogP contribution in [0.25, 0.3) is 0 Å². The van der Waals surface area contributed by atoms with E-state index in [-0.39, 0.29) is 0 Å². The number of nitrogens with zero attached hydrogens (tertiary/aromatic N) is 1. The highest BCUT2D eigenvalue weighted by Crippen LogP contribution is 2.49. The van der Waals surface area contributed by atoms with E-state index in [1.54, 1.807) is 0 Å². The van der Waals surface area contributed by atoms with Crippen molar-refractivity contribution in [3.8, 4) is 0 Å². The molecule has 0 amide bonds. The lowest BCUT2D eigenvalue weighted by Gasteiger charge is -2.47. The monoisotopic (exact) mass is 268 g/mol. The van der Waals surface area contributed by atoms with Crippen molar-refractivity contribution in [1.29, 1.82) is 0 Å². The fourth-order valence-electron chi connectivity index (χ4n) is 3.60. The fourth-order valence-corrected chi connectivity index (χ4v) is 4.41. The SMILES string of the molecule is CCC1CNC(C)(C2CC2)CN1CC1(SC)CC1. The van der Waals surface area contributed by atoms with Crippen molar-refractivity contribution in [3.63, 3.8) is 0 Å². The van der Waals surface area contributed by atoms with Crippen LogP contribution in [0.2, 0.25) is 0 Å². The Hall–Kier alpha value is 0.270. The van der Waals surface area contributed by atoms with Gasteiger partial charge in [0.15, 0.2) is 0 Å². The minimum Gasteiger partial charge on any atom is -0.308 e. The van der Waals surface area contributed by atoms with Crippen molar-refractivity contribution in [3.05, 3.63) is 0 Å². The number of thioether (sulfide) groups is 1. The molecule has 2 nitrogen and oxygen atoms in total. The molecule has 3 heteroatoms. The Morgan fingerprint density at radius 3 is 2.56 bits per heavy atom. The molecule has 1 aliphatic heterocycles. The molecular weight excluding hydrogens is 240 g/mol. The van der Waals surface area contributed by atoms with Gasteiger partial charge in [-0.1, -0.05) is 6.92 Å². The van der Waals surface area contributed by atoms with Gasteiger partial charge in [0, 0.05) is 36.0 Å². The molecular formula is C15H28N2S. The van der Waals surface area contributed by atoms with E-state index < -0.39 is 0 Å². The highest BCUT2D eigenvalue weighted by atomic mass is 32.2. The summed E-state index contributed by atoms with van der Waals surface area (Å²) in [7, 11) is 0. The second-order valence-corrected chi connectivity index (χ2v) is 8.20. The summed E-state index contributed by atoms with van der Waals surface area (Å²) in [5.74, 6) is 0.947. The van der Waals surface area contributed by atoms with Crippen molar-refractivity contribution >= 4 is 11.8 Å². The van der Waals surface area contributed by atoms with E-state index in [1.165, 1.54) is 51.7 Å². The molecule has 1 saturated heterocycles. The van der Waals surface area contributed by atoms with Crippen LogP contribution >= 0.6 is 11.8 Å². The Morgan fingerprint density at radius 1 is 1.33 bits per heavy atom. The summed E-state index contributed by atoms with van der Waals surface area (Å²) in [6.45, 7) is 8.61. The summed E-state index contributed by atoms with van der Waals surface area (Å²) in [6.07, 6.45) is 9.36. The molecule has 0 radical (unpaired) electrons. The van der Waals surface area contributed by atoms with Crippen LogP contribution in [0.1, 0.15) is 46.0 Å². The van der Waals surface area contributed by atoms with Crippen LogP contribution in [0, 0.1) is 5.92 Å². The van der Waals surface area contributed by atoms with Gasteiger partial charge in [0.2, 0.25) is 0 Å². The molecule has 2 aliphatic carbocycles. The van der Waals surface area contributed by atoms with Crippen LogP contribution in [0.15, 0.2) is 0 Å². The molecule has 0 spiro atoms. The van der Waals surface area contributed by atoms with Gasteiger partial charge in [-0.2, -0.15) is 11.8 Å². The maximum atomic E-state index is 3.86. The summed E-state index contributed by atoms with van der Waals surface area (Å²) in [6, 6.07) is 0.765. The maximum Gasteiger partial charge on any atom is 0.0309 e. The lowest BCUT2D eigenvalue weighted by Crippen LogP contribution is -2.64. The van der Waals surface area contributed by atoms with Gasteiger partial charge in [-0.05, 0) is 51.2 Å². The lowest BCUT2D eigenvalue weighted by molar-refractivity contribution is 0.0718. The van der Waals surface area contributed by atoms with Crippen molar-refractivity contribution < 1.29 is 0 Å². The Bertz CT molecular complexity index is 312. The second kappa shape index (κ2) is 4.68. The van der Waals surface area contributed by atoms with E-state index in [0.29, 0.717) is 10.3 Å². The Balaban J connectivity index is 1.67. The predicted molar refractivity (Wildman–Crippen MR) is 80.3 cm³/mol. The van der Waals surface area contributed by atoms with Crippen LogP contribution in [0.5, 0.6) is 0 Å². The van der Waals surface area contributed by atoms with Crippen molar-refractivity contribution in [2.75, 3.05) is 25.9 Å². The summed E-state index contributed by atoms with van der Waals surface area (Å²) in [4.78, 5) is 2.82. The first-order chi connectivity index (χ1) is 8.61. The molecule has 2 unspecified atom stereocenters. The minimum absolute atomic E-state index is 0.403. The van der Waals surface area contributed by atoms with Gasteiger partial charge in [-0.25, -0.2) is 0 Å². The molecule has 3 rings (SSSR count). The number of rotatable bonds is 5. The van der Waals surface area contributed by atoms with Crippen molar-refractivity contribution in [2.24, 2.45) is 5.92 Å². The number of hydrogen-bond donors (Lipinski definition) is 1. The normalized spacial score (nSPS) is 39.8. The number of piperazine rings is 1. The van der Waals surface area contributed by atoms with Crippen molar-refractivity contribution in [1.82, 2.24) is 10.2 Å². The van der Waals surface area contributed by atoms with Crippen LogP contribution in [0.3, 0.4) is 0 Å². The largest absolute Gasteiger partial charge is 0.308 e. The molecule has 3 fully saturated rings. The van der Waals surface area contributed by atoms with Crippen LogP contribution in [-0.4, -0.2) is 47.1 Å². The first-order valence-corrected chi connectivity index (χ1v) is 8.87. The molecule has 3 aliphatic rings. The molecule has 1 heterocycles. The third-order valence-electron chi connectivity index (χ3n) is 5.47. The van der Waals surface area contributed by atoms with E-state index in [1.807, 2.05) is 0 Å². The summed E-state index contributed by atoms with van der Waals surface area (Å²) in [5, 5.41) is 3.86. The summed E-state index contributed by atoms with van der Waals surface area (Å²) >= 11 is 2.11. The van der Waals surface area contributed by atoms with E-state index >= 15 is 0 Å². The van der Waals surface area contributed by atoms with Gasteiger partial charge in [0.1, 0.15) is 0 Å². The second-order valence-electron chi connectivity index (χ2n) is 6.93. The quantitative estimate of drug-likeness (QED) is 0.825. The highest BCUT2D eigenvalue weighted by molar-refractivity contribution is 8.00. The Labute approximate surface area is 116 Å². The minimum atomic E-state index is 0.403. The van der Waals surface area contributed by atoms with E-state index in [4.69, 9.17) is 0 Å². The molecule has 2 saturated carbocycles. The molecule has 0 aromatic carbocycles. The molecule has 0 bridgehead atoms. The molecule has 18 heavy (non-hydrogen) atoms. The van der Waals surface area contributed by atoms with E-state index in [9.17, 15) is 0 Å². The topological polar surface area (TPSA) is 15.3 Å². The fraction of sp³-hybridized carbons (Fsp3) is 1.00. The van der Waals surface area contributed by atoms with Gasteiger partial charge < -0.3 is 5.32 Å². The third kappa shape index (κ3) is 2.46. The van der Waals surface area contributed by atoms with Gasteiger partial charge in [-0.15, -0.1) is 0 Å². The van der Waals surface area contributed by atoms with E-state index in [0.717, 1.165) is 12.0 Å². The zero-order chi connectivity index (χ0) is 12.8. The Kier molecular flexibility index (Phi) is 3.44. The Morgan fingerprint density at radius 2 is 2.06 bits per heavy atom. The standard InChI is InChI=1S/C15H28N2S/c1-4-13-9-16-14(2,12-5-6-12)10-17(13)11-15(18-3)7-8-15/h12-13,16H,4-11H2,1-3H3. The average Bonchev–Trinajstić information content (AvgIpc) is 3.24. The van der Waals surface area contributed by atoms with Gasteiger partial charge >= 0.3 is 0 Å². The lowest BCUT2D eigenvalue weighted by atomic mass is 9.90. The predicted octanol–water partition coefficient (Wildman–Crippen LogP) is 2.73. The summed E-state index contributed by atoms with van der Waals surface area (Å²) < 4.78 is 0.620. The third-order valence-corrected chi connectivity index (χ3v) is 6.87. The molecule has 2 atom stereocenters. The molecule has 0 aromatic heterocycles. The van der Waals surface area contributed by atoms with Gasteiger partial charge in [0.25, 0.3) is 0 Å². The number of hydrogen-bond acceptors (Lipinski definition) is 3. The molecule has 104 valence electrons. The first-order valence-electron chi connectivity index (χ1n) is 7.65. The average molecular weight is 268 g/mol. The number of nitrogens with one attached hydrogen (secondary N) is 1. The van der Waals surface area contributed by atoms with Gasteiger partial charge in [0.05, 0.1) is 0 Å². The van der Waals surface area contributed by atoms with Crippen LogP contribution < -0.4 is 5.32 Å². The zero-order valence-corrected chi connectivity index (χ0v) is 13.0.